The Morgan fingerprint density at radius 2 is 1.79 bits per heavy atom. The third kappa shape index (κ3) is 4.37. The molecule has 7 nitrogen and oxygen atoms in total. The van der Waals surface area contributed by atoms with Gasteiger partial charge in [-0.3, -0.25) is 9.58 Å². The van der Waals surface area contributed by atoms with Crippen molar-refractivity contribution < 1.29 is 19.4 Å². The van der Waals surface area contributed by atoms with Gasteiger partial charge in [-0.2, -0.15) is 5.10 Å². The molecule has 0 aliphatic carbocycles. The van der Waals surface area contributed by atoms with Crippen molar-refractivity contribution in [3.63, 3.8) is 0 Å². The molecular formula is C21H21N3O4. The average molecular weight is 379 g/mol. The molecule has 0 saturated heterocycles. The first-order valence-electron chi connectivity index (χ1n) is 8.74. The molecule has 3 aromatic rings. The second-order valence-electron chi connectivity index (χ2n) is 6.36. The fourth-order valence-electron chi connectivity index (χ4n) is 2.71. The smallest absolute Gasteiger partial charge is 0.414 e. The number of hydrogen-bond donors (Lipinski definition) is 1. The van der Waals surface area contributed by atoms with E-state index in [1.165, 1.54) is 17.0 Å². The Kier molecular flexibility index (Phi) is 5.74. The molecule has 0 fully saturated rings. The molecule has 0 spiro atoms. The predicted octanol–water partition coefficient (Wildman–Crippen LogP) is 3.77. The van der Waals surface area contributed by atoms with Gasteiger partial charge >= 0.3 is 12.1 Å². The van der Waals surface area contributed by atoms with Gasteiger partial charge in [-0.1, -0.05) is 30.3 Å². The summed E-state index contributed by atoms with van der Waals surface area (Å²) in [7, 11) is 1.83. The summed E-state index contributed by atoms with van der Waals surface area (Å²) in [5, 5.41) is 13.3. The first kappa shape index (κ1) is 19.2. The van der Waals surface area contributed by atoms with Crippen LogP contribution in [0.25, 0.3) is 0 Å². The SMILES string of the molecule is Cc1c(CN(C(=O)OCc2ccccc2)c2ccc(C(=O)O)cc2)cnn1C. The fraction of sp³-hybridized carbons (Fsp3) is 0.190. The minimum atomic E-state index is -1.02. The molecule has 144 valence electrons. The normalized spacial score (nSPS) is 10.5. The van der Waals surface area contributed by atoms with E-state index >= 15 is 0 Å². The number of aromatic nitrogens is 2. The van der Waals surface area contributed by atoms with Crippen LogP contribution in [0.4, 0.5) is 10.5 Å². The number of carboxylic acids is 1. The Bertz CT molecular complexity index is 965. The molecule has 0 unspecified atom stereocenters. The highest BCUT2D eigenvalue weighted by Crippen LogP contribution is 2.21. The average Bonchev–Trinajstić information content (AvgIpc) is 3.03. The molecule has 0 radical (unpaired) electrons. The van der Waals surface area contributed by atoms with Gasteiger partial charge in [0.1, 0.15) is 6.61 Å². The van der Waals surface area contributed by atoms with E-state index in [1.54, 1.807) is 23.0 Å². The van der Waals surface area contributed by atoms with Crippen LogP contribution in [0.15, 0.2) is 60.8 Å². The Hall–Kier alpha value is -3.61. The lowest BCUT2D eigenvalue weighted by Crippen LogP contribution is -2.31. The third-order valence-corrected chi connectivity index (χ3v) is 4.52. The van der Waals surface area contributed by atoms with Crippen molar-refractivity contribution in [2.45, 2.75) is 20.1 Å². The van der Waals surface area contributed by atoms with Crippen molar-refractivity contribution in [3.05, 3.63) is 83.2 Å². The molecular weight excluding hydrogens is 358 g/mol. The summed E-state index contributed by atoms with van der Waals surface area (Å²) in [5.41, 5.74) is 3.39. The lowest BCUT2D eigenvalue weighted by molar-refractivity contribution is 0.0697. The molecule has 0 aliphatic heterocycles. The first-order chi connectivity index (χ1) is 13.5. The molecule has 0 bridgehead atoms. The van der Waals surface area contributed by atoms with Crippen molar-refractivity contribution in [2.75, 3.05) is 4.90 Å². The van der Waals surface area contributed by atoms with Crippen molar-refractivity contribution in [2.24, 2.45) is 7.05 Å². The van der Waals surface area contributed by atoms with Crippen molar-refractivity contribution in [3.8, 4) is 0 Å². The van der Waals surface area contributed by atoms with Crippen LogP contribution in [0, 0.1) is 6.92 Å². The topological polar surface area (TPSA) is 84.7 Å². The zero-order valence-electron chi connectivity index (χ0n) is 15.7. The minimum absolute atomic E-state index is 0.148. The number of aromatic carboxylic acids is 1. The van der Waals surface area contributed by atoms with E-state index < -0.39 is 12.1 Å². The van der Waals surface area contributed by atoms with Gasteiger partial charge in [-0.05, 0) is 36.8 Å². The maximum Gasteiger partial charge on any atom is 0.414 e. The molecule has 0 aliphatic rings. The molecule has 3 rings (SSSR count). The van der Waals surface area contributed by atoms with Gasteiger partial charge in [0.15, 0.2) is 0 Å². The Balaban J connectivity index is 1.83. The zero-order valence-corrected chi connectivity index (χ0v) is 15.7. The molecule has 1 N–H and O–H groups in total. The highest BCUT2D eigenvalue weighted by molar-refractivity contribution is 5.90. The molecule has 7 heteroatoms. The standard InChI is InChI=1S/C21H21N3O4/c1-15-18(12-22-23(15)2)13-24(19-10-8-17(9-11-19)20(25)26)21(27)28-14-16-6-4-3-5-7-16/h3-12H,13-14H2,1-2H3,(H,25,26). The molecule has 0 atom stereocenters. The van der Waals surface area contributed by atoms with E-state index in [2.05, 4.69) is 5.10 Å². The number of rotatable bonds is 6. The lowest BCUT2D eigenvalue weighted by atomic mass is 10.2. The number of carbonyl (C=O) groups excluding carboxylic acids is 1. The van der Waals surface area contributed by atoms with Crippen LogP contribution < -0.4 is 4.90 Å². The Morgan fingerprint density at radius 3 is 2.36 bits per heavy atom. The zero-order chi connectivity index (χ0) is 20.1. The van der Waals surface area contributed by atoms with E-state index in [4.69, 9.17) is 9.84 Å². The Morgan fingerprint density at radius 1 is 1.11 bits per heavy atom. The van der Waals surface area contributed by atoms with Gasteiger partial charge in [-0.25, -0.2) is 9.59 Å². The van der Waals surface area contributed by atoms with Crippen LogP contribution in [-0.2, 0) is 24.9 Å². The summed E-state index contributed by atoms with van der Waals surface area (Å²) in [6.07, 6.45) is 1.19. The largest absolute Gasteiger partial charge is 0.478 e. The second-order valence-corrected chi connectivity index (χ2v) is 6.36. The van der Waals surface area contributed by atoms with Crippen LogP contribution in [0.2, 0.25) is 0 Å². The molecule has 1 heterocycles. The van der Waals surface area contributed by atoms with E-state index in [9.17, 15) is 9.59 Å². The monoisotopic (exact) mass is 379 g/mol. The summed E-state index contributed by atoms with van der Waals surface area (Å²) >= 11 is 0. The molecule has 1 aromatic heterocycles. The molecule has 1 amide bonds. The summed E-state index contributed by atoms with van der Waals surface area (Å²) < 4.78 is 7.22. The molecule has 2 aromatic carbocycles. The molecule has 0 saturated carbocycles. The van der Waals surface area contributed by atoms with E-state index in [1.807, 2.05) is 44.3 Å². The summed E-state index contributed by atoms with van der Waals surface area (Å²) in [5.74, 6) is -1.02. The van der Waals surface area contributed by atoms with Gasteiger partial charge < -0.3 is 9.84 Å². The number of aryl methyl sites for hydroxylation is 1. The van der Waals surface area contributed by atoms with Gasteiger partial charge in [0.2, 0.25) is 0 Å². The van der Waals surface area contributed by atoms with Gasteiger partial charge in [0.25, 0.3) is 0 Å². The lowest BCUT2D eigenvalue weighted by Gasteiger charge is -2.22. The third-order valence-electron chi connectivity index (χ3n) is 4.52. The van der Waals surface area contributed by atoms with Gasteiger partial charge in [-0.15, -0.1) is 0 Å². The predicted molar refractivity (Wildman–Crippen MR) is 104 cm³/mol. The van der Waals surface area contributed by atoms with Crippen LogP contribution in [0.5, 0.6) is 0 Å². The number of carboxylic acid groups (broad SMARTS) is 1. The number of nitrogens with zero attached hydrogens (tertiary/aromatic N) is 3. The first-order valence-corrected chi connectivity index (χ1v) is 8.74. The van der Waals surface area contributed by atoms with E-state index in [-0.39, 0.29) is 18.7 Å². The number of amides is 1. The van der Waals surface area contributed by atoms with Crippen LogP contribution in [0.1, 0.15) is 27.2 Å². The second kappa shape index (κ2) is 8.39. The van der Waals surface area contributed by atoms with Crippen molar-refractivity contribution >= 4 is 17.7 Å². The number of carbonyl (C=O) groups is 2. The summed E-state index contributed by atoms with van der Waals surface area (Å²) in [6.45, 7) is 2.33. The van der Waals surface area contributed by atoms with Crippen LogP contribution in [0.3, 0.4) is 0 Å². The van der Waals surface area contributed by atoms with Crippen molar-refractivity contribution in [1.82, 2.24) is 9.78 Å². The van der Waals surface area contributed by atoms with E-state index in [0.717, 1.165) is 16.8 Å². The van der Waals surface area contributed by atoms with Gasteiger partial charge in [0.05, 0.1) is 18.3 Å². The highest BCUT2D eigenvalue weighted by atomic mass is 16.6. The number of benzene rings is 2. The minimum Gasteiger partial charge on any atom is -0.478 e. The summed E-state index contributed by atoms with van der Waals surface area (Å²) in [4.78, 5) is 25.4. The van der Waals surface area contributed by atoms with Crippen LogP contribution >= 0.6 is 0 Å². The number of anilines is 1. The number of ether oxygens (including phenoxy) is 1. The quantitative estimate of drug-likeness (QED) is 0.705. The van der Waals surface area contributed by atoms with E-state index in [0.29, 0.717) is 5.69 Å². The van der Waals surface area contributed by atoms with Crippen molar-refractivity contribution in [1.29, 1.82) is 0 Å². The maximum absolute atomic E-state index is 12.8. The summed E-state index contributed by atoms with van der Waals surface area (Å²) in [6, 6.07) is 15.5. The van der Waals surface area contributed by atoms with Gasteiger partial charge in [0, 0.05) is 24.0 Å². The van der Waals surface area contributed by atoms with Crippen LogP contribution in [-0.4, -0.2) is 26.9 Å². The highest BCUT2D eigenvalue weighted by Gasteiger charge is 2.20. The fourth-order valence-corrected chi connectivity index (χ4v) is 2.71. The Labute approximate surface area is 162 Å². The molecule has 28 heavy (non-hydrogen) atoms. The maximum atomic E-state index is 12.8. The number of hydrogen-bond acceptors (Lipinski definition) is 4.